The number of carbonyl (C=O) groups is 2. The summed E-state index contributed by atoms with van der Waals surface area (Å²) in [5, 5.41) is 3.25. The molecule has 7 heteroatoms. The van der Waals surface area contributed by atoms with E-state index in [-0.39, 0.29) is 36.8 Å². The molecule has 0 spiro atoms. The summed E-state index contributed by atoms with van der Waals surface area (Å²) in [5.41, 5.74) is 7.90. The van der Waals surface area contributed by atoms with Crippen molar-refractivity contribution in [2.24, 2.45) is 5.73 Å². The molecule has 1 aromatic rings. The van der Waals surface area contributed by atoms with E-state index in [0.717, 1.165) is 44.6 Å². The summed E-state index contributed by atoms with van der Waals surface area (Å²) in [6.07, 6.45) is 2.60. The van der Waals surface area contributed by atoms with Crippen molar-refractivity contribution < 1.29 is 9.59 Å². The fourth-order valence-electron chi connectivity index (χ4n) is 3.38. The van der Waals surface area contributed by atoms with Crippen molar-refractivity contribution in [3.05, 3.63) is 35.4 Å². The van der Waals surface area contributed by atoms with Crippen LogP contribution in [0.5, 0.6) is 0 Å². The van der Waals surface area contributed by atoms with Gasteiger partial charge < -0.3 is 16.0 Å². The Bertz CT molecular complexity index is 588. The van der Waals surface area contributed by atoms with E-state index in [9.17, 15) is 9.59 Å². The number of carbonyl (C=O) groups excluding carboxylic acids is 2. The Hall–Kier alpha value is -1.63. The SMILES string of the molecule is CCCc1ccc(C(C)N(CCC(=O)N2CCNCC2)CC(N)=O)cc1.Cl. The van der Waals surface area contributed by atoms with Gasteiger partial charge in [0, 0.05) is 45.2 Å². The molecule has 2 amide bonds. The smallest absolute Gasteiger partial charge is 0.231 e. The van der Waals surface area contributed by atoms with E-state index < -0.39 is 0 Å². The van der Waals surface area contributed by atoms with Crippen molar-refractivity contribution in [2.75, 3.05) is 39.3 Å². The molecule has 1 aromatic carbocycles. The van der Waals surface area contributed by atoms with Crippen LogP contribution in [0.1, 0.15) is 43.9 Å². The van der Waals surface area contributed by atoms with Gasteiger partial charge >= 0.3 is 0 Å². The predicted octanol–water partition coefficient (Wildman–Crippen LogP) is 1.73. The summed E-state index contributed by atoms with van der Waals surface area (Å²) in [7, 11) is 0. The highest BCUT2D eigenvalue weighted by Gasteiger charge is 2.21. The predicted molar refractivity (Wildman–Crippen MR) is 111 cm³/mol. The van der Waals surface area contributed by atoms with E-state index in [1.165, 1.54) is 5.56 Å². The van der Waals surface area contributed by atoms with Gasteiger partial charge in [-0.05, 0) is 24.5 Å². The lowest BCUT2D eigenvalue weighted by molar-refractivity contribution is -0.132. The van der Waals surface area contributed by atoms with Gasteiger partial charge in [0.2, 0.25) is 11.8 Å². The van der Waals surface area contributed by atoms with Crippen LogP contribution >= 0.6 is 12.4 Å². The van der Waals surface area contributed by atoms with Crippen LogP contribution in [0.15, 0.2) is 24.3 Å². The van der Waals surface area contributed by atoms with E-state index in [1.54, 1.807) is 0 Å². The number of primary amides is 1. The molecule has 1 unspecified atom stereocenters. The zero-order chi connectivity index (χ0) is 18.9. The largest absolute Gasteiger partial charge is 0.369 e. The Morgan fingerprint density at radius 2 is 1.85 bits per heavy atom. The minimum atomic E-state index is -0.367. The topological polar surface area (TPSA) is 78.7 Å². The van der Waals surface area contributed by atoms with E-state index >= 15 is 0 Å². The molecular weight excluding hydrogens is 364 g/mol. The Balaban J connectivity index is 0.00000364. The van der Waals surface area contributed by atoms with Gasteiger partial charge in [0.25, 0.3) is 0 Å². The van der Waals surface area contributed by atoms with Gasteiger partial charge in [-0.15, -0.1) is 12.4 Å². The first-order valence-corrected chi connectivity index (χ1v) is 9.61. The summed E-state index contributed by atoms with van der Waals surface area (Å²) < 4.78 is 0. The monoisotopic (exact) mass is 396 g/mol. The van der Waals surface area contributed by atoms with Crippen molar-refractivity contribution in [2.45, 2.75) is 39.2 Å². The first kappa shape index (κ1) is 23.4. The van der Waals surface area contributed by atoms with E-state index in [2.05, 4.69) is 43.4 Å². The number of amides is 2. The van der Waals surface area contributed by atoms with Gasteiger partial charge in [0.05, 0.1) is 6.54 Å². The first-order valence-electron chi connectivity index (χ1n) is 9.61. The molecule has 1 fully saturated rings. The molecular formula is C20H33ClN4O2. The Morgan fingerprint density at radius 1 is 1.22 bits per heavy atom. The lowest BCUT2D eigenvalue weighted by Gasteiger charge is -2.31. The van der Waals surface area contributed by atoms with E-state index in [1.807, 2.05) is 9.80 Å². The number of piperazine rings is 1. The fraction of sp³-hybridized carbons (Fsp3) is 0.600. The molecule has 1 aliphatic rings. The number of nitrogens with two attached hydrogens (primary N) is 1. The number of nitrogens with zero attached hydrogens (tertiary/aromatic N) is 2. The molecule has 1 atom stereocenters. The fourth-order valence-corrected chi connectivity index (χ4v) is 3.38. The van der Waals surface area contributed by atoms with Crippen LogP contribution in [0.4, 0.5) is 0 Å². The number of hydrogen-bond donors (Lipinski definition) is 2. The molecule has 0 radical (unpaired) electrons. The summed E-state index contributed by atoms with van der Waals surface area (Å²) in [6, 6.07) is 8.55. The number of rotatable bonds is 9. The molecule has 1 aliphatic heterocycles. The van der Waals surface area contributed by atoms with Gasteiger partial charge in [-0.25, -0.2) is 0 Å². The minimum Gasteiger partial charge on any atom is -0.369 e. The van der Waals surface area contributed by atoms with Gasteiger partial charge in [-0.1, -0.05) is 37.6 Å². The molecule has 27 heavy (non-hydrogen) atoms. The lowest BCUT2D eigenvalue weighted by Crippen LogP contribution is -2.47. The summed E-state index contributed by atoms with van der Waals surface area (Å²) in [4.78, 5) is 27.8. The van der Waals surface area contributed by atoms with Gasteiger partial charge in [0.15, 0.2) is 0 Å². The molecule has 1 heterocycles. The van der Waals surface area contributed by atoms with Crippen molar-refractivity contribution in [1.82, 2.24) is 15.1 Å². The second-order valence-corrected chi connectivity index (χ2v) is 6.99. The van der Waals surface area contributed by atoms with Gasteiger partial charge in [-0.3, -0.25) is 14.5 Å². The molecule has 0 bridgehead atoms. The maximum atomic E-state index is 12.4. The number of halogens is 1. The third-order valence-electron chi connectivity index (χ3n) is 4.99. The maximum Gasteiger partial charge on any atom is 0.231 e. The molecule has 0 aromatic heterocycles. The van der Waals surface area contributed by atoms with Gasteiger partial charge in [0.1, 0.15) is 0 Å². The third-order valence-corrected chi connectivity index (χ3v) is 4.99. The molecule has 0 saturated carbocycles. The summed E-state index contributed by atoms with van der Waals surface area (Å²) in [6.45, 7) is 8.12. The Kier molecular flexibility index (Phi) is 10.4. The van der Waals surface area contributed by atoms with Crippen LogP contribution in [-0.4, -0.2) is 60.9 Å². The quantitative estimate of drug-likeness (QED) is 0.666. The van der Waals surface area contributed by atoms with Crippen molar-refractivity contribution in [3.63, 3.8) is 0 Å². The van der Waals surface area contributed by atoms with E-state index in [4.69, 9.17) is 5.73 Å². The maximum absolute atomic E-state index is 12.4. The Morgan fingerprint density at radius 3 is 2.41 bits per heavy atom. The van der Waals surface area contributed by atoms with Gasteiger partial charge in [-0.2, -0.15) is 0 Å². The molecule has 2 rings (SSSR count). The number of hydrogen-bond acceptors (Lipinski definition) is 4. The zero-order valence-corrected chi connectivity index (χ0v) is 17.3. The highest BCUT2D eigenvalue weighted by atomic mass is 35.5. The second kappa shape index (κ2) is 12.0. The lowest BCUT2D eigenvalue weighted by atomic mass is 10.0. The number of benzene rings is 1. The van der Waals surface area contributed by atoms with Crippen molar-refractivity contribution in [3.8, 4) is 0 Å². The van der Waals surface area contributed by atoms with Crippen LogP contribution in [0.25, 0.3) is 0 Å². The highest BCUT2D eigenvalue weighted by molar-refractivity contribution is 5.85. The minimum absolute atomic E-state index is 0. The summed E-state index contributed by atoms with van der Waals surface area (Å²) >= 11 is 0. The highest BCUT2D eigenvalue weighted by Crippen LogP contribution is 2.21. The van der Waals surface area contributed by atoms with Crippen molar-refractivity contribution >= 4 is 24.2 Å². The molecule has 6 nitrogen and oxygen atoms in total. The molecule has 0 aliphatic carbocycles. The molecule has 3 N–H and O–H groups in total. The summed E-state index contributed by atoms with van der Waals surface area (Å²) in [5.74, 6) is -0.222. The van der Waals surface area contributed by atoms with E-state index in [0.29, 0.717) is 13.0 Å². The molecule has 1 saturated heterocycles. The standard InChI is InChI=1S/C20H32N4O2.ClH/c1-3-4-17-5-7-18(8-6-17)16(2)24(15-19(21)25)12-9-20(26)23-13-10-22-11-14-23;/h5-8,16,22H,3-4,9-15H2,1-2H3,(H2,21,25);1H. The number of nitrogens with one attached hydrogen (secondary N) is 1. The second-order valence-electron chi connectivity index (χ2n) is 6.99. The van der Waals surface area contributed by atoms with Crippen LogP contribution in [0, 0.1) is 0 Å². The van der Waals surface area contributed by atoms with Crippen LogP contribution in [-0.2, 0) is 16.0 Å². The molecule has 152 valence electrons. The average Bonchev–Trinajstić information content (AvgIpc) is 2.65. The average molecular weight is 397 g/mol. The normalized spacial score (nSPS) is 15.3. The zero-order valence-electron chi connectivity index (χ0n) is 16.4. The first-order chi connectivity index (χ1) is 12.5. The van der Waals surface area contributed by atoms with Crippen LogP contribution in [0.2, 0.25) is 0 Å². The van der Waals surface area contributed by atoms with Crippen LogP contribution in [0.3, 0.4) is 0 Å². The third kappa shape index (κ3) is 7.48. The van der Waals surface area contributed by atoms with Crippen LogP contribution < -0.4 is 11.1 Å². The van der Waals surface area contributed by atoms with Crippen molar-refractivity contribution in [1.29, 1.82) is 0 Å². The Labute approximate surface area is 168 Å². The number of aryl methyl sites for hydroxylation is 1.